The lowest BCUT2D eigenvalue weighted by atomic mass is 9.93. The standard InChI is InChI=1S/C18H20ClN5.C17H17ClN4.C16H13ClF2N4/c1-12(2)23-10-14(11-23)21-17-5-3-4-15(22-17)16-8-20-18-7-6-13(19)9-24(16)18;1-11-7-14(21-16(8-11)20-13-3-2-4-13)15-9-19-17-6-5-12(18)10-22(15)17;17-9-4-5-14-20-7-13(23(14)8-9)15-11(18)6-12(19)16(22-15)21-10-2-1-3-10/h3-9,12,14H,10-11H2,1-2H3,(H,21,22);5-10,13H,2-4H2,1H3,(H,20,21);4-8,10H,1-3H2,(H,21,22). The average Bonchev–Trinajstić information content (AvgIpc) is 4.02. The highest BCUT2D eigenvalue weighted by molar-refractivity contribution is 6.31. The zero-order valence-electron chi connectivity index (χ0n) is 38.2. The minimum absolute atomic E-state index is 0.0444. The number of nitrogens with zero attached hydrogens (tertiary/aromatic N) is 10. The Labute approximate surface area is 413 Å². The monoisotopic (exact) mass is 987 g/mol. The third-order valence-corrected chi connectivity index (χ3v) is 13.4. The van der Waals surface area contributed by atoms with Crippen molar-refractivity contribution in [3.63, 3.8) is 0 Å². The molecule has 354 valence electrons. The third kappa shape index (κ3) is 10.3. The van der Waals surface area contributed by atoms with Crippen LogP contribution in [0.4, 0.5) is 26.2 Å². The van der Waals surface area contributed by atoms with Gasteiger partial charge < -0.3 is 16.0 Å². The number of halogens is 5. The van der Waals surface area contributed by atoms with Crippen molar-refractivity contribution in [1.82, 2.24) is 48.0 Å². The lowest BCUT2D eigenvalue weighted by Crippen LogP contribution is -2.57. The highest BCUT2D eigenvalue weighted by Gasteiger charge is 2.29. The third-order valence-electron chi connectivity index (χ3n) is 12.7. The van der Waals surface area contributed by atoms with E-state index in [0.29, 0.717) is 44.5 Å². The van der Waals surface area contributed by atoms with Crippen LogP contribution in [0.3, 0.4) is 0 Å². The van der Waals surface area contributed by atoms with Crippen LogP contribution in [0.25, 0.3) is 51.1 Å². The first kappa shape index (κ1) is 46.3. The molecule has 2 saturated carbocycles. The van der Waals surface area contributed by atoms with E-state index in [0.717, 1.165) is 84.1 Å². The van der Waals surface area contributed by atoms with Gasteiger partial charge in [-0.05, 0) is 126 Å². The maximum atomic E-state index is 14.3. The zero-order valence-corrected chi connectivity index (χ0v) is 40.5. The quantitative estimate of drug-likeness (QED) is 0.122. The number of hydrogen-bond acceptors (Lipinski definition) is 10. The molecular weight excluding hydrogens is 939 g/mol. The van der Waals surface area contributed by atoms with Crippen LogP contribution in [0.15, 0.2) is 110 Å². The SMILES string of the molecule is CC(C)N1CC(Nc2cccc(-c3cnc4ccc(Cl)cn34)n2)C1.Cc1cc(NC2CCC2)nc(-c2cnc3ccc(Cl)cn23)c1.Fc1cc(F)c(-c2cnc3ccc(Cl)cn23)nc1NC1CCC1. The molecule has 2 aliphatic carbocycles. The molecule has 9 aromatic heterocycles. The zero-order chi connectivity index (χ0) is 47.8. The van der Waals surface area contributed by atoms with Crippen LogP contribution < -0.4 is 16.0 Å². The summed E-state index contributed by atoms with van der Waals surface area (Å²) in [6, 6.07) is 23.8. The summed E-state index contributed by atoms with van der Waals surface area (Å²) in [4.78, 5) is 29.2. The van der Waals surface area contributed by atoms with E-state index in [-0.39, 0.29) is 17.6 Å². The fourth-order valence-electron chi connectivity index (χ4n) is 8.44. The first-order chi connectivity index (χ1) is 33.4. The molecule has 0 bridgehead atoms. The van der Waals surface area contributed by atoms with Crippen molar-refractivity contribution in [2.75, 3.05) is 29.0 Å². The highest BCUT2D eigenvalue weighted by atomic mass is 35.5. The Balaban J connectivity index is 0.000000120. The van der Waals surface area contributed by atoms with E-state index in [1.807, 2.05) is 76.1 Å². The van der Waals surface area contributed by atoms with Crippen molar-refractivity contribution in [2.45, 2.75) is 83.5 Å². The minimum Gasteiger partial charge on any atom is -0.367 e. The van der Waals surface area contributed by atoms with Gasteiger partial charge in [-0.3, -0.25) is 18.1 Å². The Kier molecular flexibility index (Phi) is 13.4. The molecule has 0 atom stereocenters. The summed E-state index contributed by atoms with van der Waals surface area (Å²) in [5.74, 6) is 0.492. The number of imidazole rings is 3. The Morgan fingerprint density at radius 3 is 1.65 bits per heavy atom. The molecule has 10 heterocycles. The maximum absolute atomic E-state index is 14.3. The van der Waals surface area contributed by atoms with Gasteiger partial charge in [-0.1, -0.05) is 40.9 Å². The molecule has 0 amide bonds. The van der Waals surface area contributed by atoms with Gasteiger partial charge in [0, 0.05) is 55.9 Å². The summed E-state index contributed by atoms with van der Waals surface area (Å²) in [7, 11) is 0. The minimum atomic E-state index is -0.733. The van der Waals surface area contributed by atoms with E-state index >= 15 is 0 Å². The summed E-state index contributed by atoms with van der Waals surface area (Å²) >= 11 is 18.2. The second-order valence-electron chi connectivity index (χ2n) is 18.1. The molecule has 1 saturated heterocycles. The number of likely N-dealkylation sites (tertiary alicyclic amines) is 1. The van der Waals surface area contributed by atoms with Crippen LogP contribution in [0, 0.1) is 18.6 Å². The Morgan fingerprint density at radius 1 is 0.565 bits per heavy atom. The molecule has 9 aromatic rings. The Hall–Kier alpha value is -6.39. The van der Waals surface area contributed by atoms with Crippen LogP contribution in [0.5, 0.6) is 0 Å². The second-order valence-corrected chi connectivity index (χ2v) is 19.4. The molecule has 3 fully saturated rings. The number of rotatable bonds is 10. The van der Waals surface area contributed by atoms with Crippen molar-refractivity contribution in [3.05, 3.63) is 142 Å². The average molecular weight is 989 g/mol. The maximum Gasteiger partial charge on any atom is 0.168 e. The van der Waals surface area contributed by atoms with Crippen LogP contribution >= 0.6 is 34.8 Å². The summed E-state index contributed by atoms with van der Waals surface area (Å²) < 4.78 is 33.8. The Bertz CT molecular complexity index is 3280. The van der Waals surface area contributed by atoms with E-state index in [9.17, 15) is 8.78 Å². The molecule has 0 spiro atoms. The molecule has 0 aromatic carbocycles. The molecule has 13 nitrogen and oxygen atoms in total. The van der Waals surface area contributed by atoms with Gasteiger partial charge in [0.1, 0.15) is 34.3 Å². The number of aryl methyl sites for hydroxylation is 1. The van der Waals surface area contributed by atoms with Crippen LogP contribution in [-0.4, -0.2) is 85.3 Å². The van der Waals surface area contributed by atoms with Gasteiger partial charge in [-0.15, -0.1) is 0 Å². The lowest BCUT2D eigenvalue weighted by molar-refractivity contribution is 0.122. The van der Waals surface area contributed by atoms with Crippen LogP contribution in [-0.2, 0) is 0 Å². The van der Waals surface area contributed by atoms with Crippen molar-refractivity contribution in [1.29, 1.82) is 0 Å². The predicted octanol–water partition coefficient (Wildman–Crippen LogP) is 12.2. The van der Waals surface area contributed by atoms with Crippen molar-refractivity contribution in [2.24, 2.45) is 0 Å². The second kappa shape index (κ2) is 19.9. The van der Waals surface area contributed by atoms with Crippen molar-refractivity contribution in [3.8, 4) is 34.2 Å². The van der Waals surface area contributed by atoms with Gasteiger partial charge in [0.25, 0.3) is 0 Å². The fraction of sp³-hybridized carbons (Fsp3) is 0.294. The van der Waals surface area contributed by atoms with Crippen LogP contribution in [0.1, 0.15) is 57.9 Å². The summed E-state index contributed by atoms with van der Waals surface area (Å²) in [6.45, 7) is 8.67. The van der Waals surface area contributed by atoms with Gasteiger partial charge in [0.2, 0.25) is 0 Å². The first-order valence-corrected chi connectivity index (χ1v) is 24.3. The molecule has 1 aliphatic heterocycles. The van der Waals surface area contributed by atoms with Gasteiger partial charge in [0.05, 0.1) is 68.2 Å². The van der Waals surface area contributed by atoms with Crippen molar-refractivity contribution >= 4 is 69.2 Å². The number of anilines is 3. The number of fused-ring (bicyclic) bond motifs is 3. The number of pyridine rings is 6. The van der Waals surface area contributed by atoms with E-state index in [2.05, 4.69) is 73.7 Å². The van der Waals surface area contributed by atoms with Crippen molar-refractivity contribution < 1.29 is 8.78 Å². The molecular formula is C51H50Cl3F2N13. The molecule has 69 heavy (non-hydrogen) atoms. The topological polar surface area (TPSA) is 130 Å². The lowest BCUT2D eigenvalue weighted by Gasteiger charge is -2.42. The van der Waals surface area contributed by atoms with Gasteiger partial charge >= 0.3 is 0 Å². The number of hydrogen-bond donors (Lipinski definition) is 3. The molecule has 18 heteroatoms. The highest BCUT2D eigenvalue weighted by Crippen LogP contribution is 2.31. The Morgan fingerprint density at radius 2 is 1.09 bits per heavy atom. The molecule has 3 aliphatic rings. The summed E-state index contributed by atoms with van der Waals surface area (Å²) in [5.41, 5.74) is 7.70. The summed E-state index contributed by atoms with van der Waals surface area (Å²) in [5, 5.41) is 11.9. The number of aromatic nitrogens is 9. The van der Waals surface area contributed by atoms with E-state index < -0.39 is 11.6 Å². The predicted molar refractivity (Wildman–Crippen MR) is 272 cm³/mol. The van der Waals surface area contributed by atoms with E-state index in [1.54, 1.807) is 22.7 Å². The molecule has 12 rings (SSSR count). The first-order valence-electron chi connectivity index (χ1n) is 23.1. The smallest absolute Gasteiger partial charge is 0.168 e. The van der Waals surface area contributed by atoms with Gasteiger partial charge in [-0.2, -0.15) is 0 Å². The normalized spacial score (nSPS) is 15.3. The molecule has 0 unspecified atom stereocenters. The van der Waals surface area contributed by atoms with Gasteiger partial charge in [0.15, 0.2) is 17.5 Å². The molecule has 0 radical (unpaired) electrons. The molecule has 3 N–H and O–H groups in total. The largest absolute Gasteiger partial charge is 0.367 e. The summed E-state index contributed by atoms with van der Waals surface area (Å²) in [6.07, 6.45) is 17.4. The van der Waals surface area contributed by atoms with Crippen LogP contribution in [0.2, 0.25) is 15.1 Å². The fourth-order valence-corrected chi connectivity index (χ4v) is 8.92. The van der Waals surface area contributed by atoms with E-state index in [1.165, 1.54) is 31.0 Å². The van der Waals surface area contributed by atoms with E-state index in [4.69, 9.17) is 44.8 Å². The van der Waals surface area contributed by atoms with Gasteiger partial charge in [-0.25, -0.2) is 38.7 Å². The number of nitrogens with one attached hydrogen (secondary N) is 3.